The number of carboxylic acid groups (broad SMARTS) is 1. The fourth-order valence-corrected chi connectivity index (χ4v) is 3.47. The number of carboxylic acids is 1. The van der Waals surface area contributed by atoms with Gasteiger partial charge in [0, 0.05) is 29.8 Å². The number of ether oxygens (including phenoxy) is 1. The van der Waals surface area contributed by atoms with Gasteiger partial charge in [-0.3, -0.25) is 9.89 Å². The number of rotatable bonds is 4. The van der Waals surface area contributed by atoms with E-state index in [1.807, 2.05) is 24.4 Å². The molecule has 0 amide bonds. The van der Waals surface area contributed by atoms with E-state index in [2.05, 4.69) is 55.8 Å². The van der Waals surface area contributed by atoms with Crippen LogP contribution < -0.4 is 15.8 Å². The predicted octanol–water partition coefficient (Wildman–Crippen LogP) is 4.60. The third kappa shape index (κ3) is 4.99. The van der Waals surface area contributed by atoms with Gasteiger partial charge in [-0.05, 0) is 52.7 Å². The molecule has 0 aliphatic carbocycles. The zero-order valence-corrected chi connectivity index (χ0v) is 18.0. The lowest BCUT2D eigenvalue weighted by atomic mass is 9.99. The second-order valence-electron chi connectivity index (χ2n) is 7.23. The number of methoxy groups -OCH3 is 1. The van der Waals surface area contributed by atoms with E-state index in [-0.39, 0.29) is 5.95 Å². The third-order valence-electron chi connectivity index (χ3n) is 4.85. The van der Waals surface area contributed by atoms with E-state index >= 15 is 0 Å². The molecule has 5 N–H and O–H groups in total. The summed E-state index contributed by atoms with van der Waals surface area (Å²) in [5, 5.41) is 21.3. The van der Waals surface area contributed by atoms with Gasteiger partial charge in [0.25, 0.3) is 5.97 Å². The molecule has 0 aliphatic heterocycles. The molecule has 5 rings (SSSR count). The molecule has 0 fully saturated rings. The molecule has 5 aromatic rings. The maximum absolute atomic E-state index is 9.00. The summed E-state index contributed by atoms with van der Waals surface area (Å²) in [6, 6.07) is 18.3. The third-order valence-corrected chi connectivity index (χ3v) is 4.85. The molecule has 9 heteroatoms. The zero-order valence-electron chi connectivity index (χ0n) is 18.0. The van der Waals surface area contributed by atoms with Gasteiger partial charge in [-0.2, -0.15) is 10.1 Å². The zero-order chi connectivity index (χ0) is 23.4. The summed E-state index contributed by atoms with van der Waals surface area (Å²) in [5.41, 5.74) is 9.69. The molecule has 2 aromatic heterocycles. The number of carbonyl (C=O) groups is 1. The highest BCUT2D eigenvalue weighted by atomic mass is 16.5. The number of H-pyrrole nitrogens is 1. The van der Waals surface area contributed by atoms with E-state index in [1.165, 1.54) is 0 Å². The van der Waals surface area contributed by atoms with Gasteiger partial charge in [0.15, 0.2) is 0 Å². The predicted molar refractivity (Wildman–Crippen MR) is 129 cm³/mol. The molecule has 0 unspecified atom stereocenters. The van der Waals surface area contributed by atoms with Gasteiger partial charge in [-0.1, -0.05) is 18.2 Å². The summed E-state index contributed by atoms with van der Waals surface area (Å²) < 4.78 is 5.32. The topological polar surface area (TPSA) is 139 Å². The highest BCUT2D eigenvalue weighted by molar-refractivity contribution is 5.99. The average molecular weight is 442 g/mol. The van der Waals surface area contributed by atoms with Crippen LogP contribution in [-0.2, 0) is 4.79 Å². The van der Waals surface area contributed by atoms with Crippen LogP contribution in [-0.4, -0.2) is 38.4 Å². The van der Waals surface area contributed by atoms with Gasteiger partial charge in [-0.15, -0.1) is 0 Å². The molecule has 33 heavy (non-hydrogen) atoms. The first kappa shape index (κ1) is 21.6. The summed E-state index contributed by atoms with van der Waals surface area (Å²) in [5.74, 6) is 0.873. The van der Waals surface area contributed by atoms with E-state index in [4.69, 9.17) is 20.4 Å². The molecule has 0 atom stereocenters. The van der Waals surface area contributed by atoms with Crippen molar-refractivity contribution in [2.45, 2.75) is 6.92 Å². The molecule has 0 radical (unpaired) electrons. The molecular formula is C24H22N6O3. The van der Waals surface area contributed by atoms with Gasteiger partial charge >= 0.3 is 0 Å². The number of aromatic amines is 1. The van der Waals surface area contributed by atoms with E-state index < -0.39 is 5.97 Å². The summed E-state index contributed by atoms with van der Waals surface area (Å²) in [7, 11) is 1.67. The number of aliphatic carboxylic acids is 1. The summed E-state index contributed by atoms with van der Waals surface area (Å²) in [6.45, 7) is 1.08. The highest BCUT2D eigenvalue weighted by Crippen LogP contribution is 2.34. The molecule has 0 aliphatic rings. The van der Waals surface area contributed by atoms with Crippen LogP contribution in [0.3, 0.4) is 0 Å². The number of nitrogens with two attached hydrogens (primary N) is 1. The Hall–Kier alpha value is -4.66. The number of hydrogen-bond donors (Lipinski definition) is 4. The Labute approximate surface area is 189 Å². The minimum absolute atomic E-state index is 0.226. The van der Waals surface area contributed by atoms with Gasteiger partial charge in [0.05, 0.1) is 18.8 Å². The first-order valence-corrected chi connectivity index (χ1v) is 10.0. The molecule has 0 saturated carbocycles. The number of anilines is 3. The van der Waals surface area contributed by atoms with E-state index in [0.717, 1.165) is 51.2 Å². The van der Waals surface area contributed by atoms with E-state index in [1.54, 1.807) is 19.4 Å². The molecule has 2 heterocycles. The Balaban J connectivity index is 0.000000601. The van der Waals surface area contributed by atoms with Gasteiger partial charge in [-0.25, -0.2) is 4.98 Å². The van der Waals surface area contributed by atoms with Crippen molar-refractivity contribution in [2.24, 2.45) is 0 Å². The first-order chi connectivity index (χ1) is 15.9. The van der Waals surface area contributed by atoms with Crippen LogP contribution in [0, 0.1) is 0 Å². The van der Waals surface area contributed by atoms with Crippen molar-refractivity contribution in [1.29, 1.82) is 0 Å². The largest absolute Gasteiger partial charge is 0.497 e. The molecule has 9 nitrogen and oxygen atoms in total. The maximum atomic E-state index is 9.00. The molecule has 166 valence electrons. The average Bonchev–Trinajstić information content (AvgIpc) is 3.26. The normalized spacial score (nSPS) is 10.5. The molecule has 0 spiro atoms. The van der Waals surface area contributed by atoms with Crippen molar-refractivity contribution >= 4 is 45.1 Å². The lowest BCUT2D eigenvalue weighted by molar-refractivity contribution is -0.134. The van der Waals surface area contributed by atoms with Crippen molar-refractivity contribution in [3.63, 3.8) is 0 Å². The number of benzene rings is 3. The van der Waals surface area contributed by atoms with Crippen molar-refractivity contribution in [2.75, 3.05) is 18.2 Å². The van der Waals surface area contributed by atoms with Crippen LogP contribution in [0.4, 0.5) is 17.5 Å². The number of fused-ring (bicyclic) bond motifs is 2. The smallest absolute Gasteiger partial charge is 0.300 e. The monoisotopic (exact) mass is 442 g/mol. The molecular weight excluding hydrogens is 420 g/mol. The second kappa shape index (κ2) is 9.23. The summed E-state index contributed by atoms with van der Waals surface area (Å²) >= 11 is 0. The van der Waals surface area contributed by atoms with E-state index in [9.17, 15) is 0 Å². The van der Waals surface area contributed by atoms with Crippen molar-refractivity contribution < 1.29 is 14.6 Å². The van der Waals surface area contributed by atoms with Crippen LogP contribution in [0.2, 0.25) is 0 Å². The van der Waals surface area contributed by atoms with Gasteiger partial charge in [0.2, 0.25) is 5.95 Å². The van der Waals surface area contributed by atoms with Gasteiger partial charge < -0.3 is 20.9 Å². The number of hydrogen-bond acceptors (Lipinski definition) is 7. The molecule has 0 bridgehead atoms. The minimum atomic E-state index is -0.833. The van der Waals surface area contributed by atoms with Crippen molar-refractivity contribution in [1.82, 2.24) is 20.2 Å². The quantitative estimate of drug-likeness (QED) is 0.317. The van der Waals surface area contributed by atoms with Crippen LogP contribution in [0.25, 0.3) is 32.8 Å². The van der Waals surface area contributed by atoms with Crippen LogP contribution in [0.15, 0.2) is 67.0 Å². The Morgan fingerprint density at radius 1 is 1.06 bits per heavy atom. The minimum Gasteiger partial charge on any atom is -0.497 e. The maximum Gasteiger partial charge on any atom is 0.300 e. The highest BCUT2D eigenvalue weighted by Gasteiger charge is 2.10. The fraction of sp³-hybridized carbons (Fsp3) is 0.0833. The number of aromatic nitrogens is 4. The molecule has 3 aromatic carbocycles. The first-order valence-electron chi connectivity index (χ1n) is 10.0. The van der Waals surface area contributed by atoms with Crippen molar-refractivity contribution in [3.8, 4) is 16.9 Å². The fourth-order valence-electron chi connectivity index (χ4n) is 3.47. The Morgan fingerprint density at radius 2 is 1.82 bits per heavy atom. The Kier molecular flexibility index (Phi) is 6.03. The lowest BCUT2D eigenvalue weighted by Gasteiger charge is -2.11. The van der Waals surface area contributed by atoms with Gasteiger partial charge in [0.1, 0.15) is 11.6 Å². The standard InChI is InChI=1S/C22H18N6O.C2H4O2/c1-29-18-5-4-13-8-15(3-2-14(13)10-18)19-11-17(9-16-12-25-28-21(16)19)26-20-6-7-24-22(23)27-20;1-2(3)4/h2-12H,1H3,(H,25,28)(H3,23,24,26,27);1H3,(H,3,4). The Bertz CT molecular complexity index is 1440. The summed E-state index contributed by atoms with van der Waals surface area (Å²) in [6.07, 6.45) is 3.43. The number of nitrogens with zero attached hydrogens (tertiary/aromatic N) is 3. The molecule has 0 saturated heterocycles. The Morgan fingerprint density at radius 3 is 2.58 bits per heavy atom. The van der Waals surface area contributed by atoms with Crippen LogP contribution in [0.1, 0.15) is 6.92 Å². The van der Waals surface area contributed by atoms with Crippen LogP contribution >= 0.6 is 0 Å². The second-order valence-corrected chi connectivity index (χ2v) is 7.23. The number of nitrogens with one attached hydrogen (secondary N) is 2. The summed E-state index contributed by atoms with van der Waals surface area (Å²) in [4.78, 5) is 17.1. The SMILES string of the molecule is CC(=O)O.COc1ccc2cc(-c3cc(Nc4ccnc(N)n4)cc4cn[nH]c34)ccc2c1. The lowest BCUT2D eigenvalue weighted by Crippen LogP contribution is -1.99. The van der Waals surface area contributed by atoms with Crippen molar-refractivity contribution in [3.05, 3.63) is 67.0 Å². The van der Waals surface area contributed by atoms with Crippen LogP contribution in [0.5, 0.6) is 5.75 Å². The number of nitrogen functional groups attached to an aromatic ring is 1. The van der Waals surface area contributed by atoms with E-state index in [0.29, 0.717) is 5.82 Å².